The summed E-state index contributed by atoms with van der Waals surface area (Å²) in [6.07, 6.45) is 6.65. The lowest BCUT2D eigenvalue weighted by atomic mass is 9.94. The number of halogens is 1. The van der Waals surface area contributed by atoms with E-state index in [9.17, 15) is 9.18 Å². The van der Waals surface area contributed by atoms with E-state index in [1.807, 2.05) is 36.7 Å². The Labute approximate surface area is 171 Å². The van der Waals surface area contributed by atoms with Gasteiger partial charge in [0.25, 0.3) is 5.91 Å². The first-order chi connectivity index (χ1) is 13.9. The second kappa shape index (κ2) is 8.23. The number of rotatable bonds is 5. The Balaban J connectivity index is 1.36. The predicted octanol–water partition coefficient (Wildman–Crippen LogP) is 3.45. The summed E-state index contributed by atoms with van der Waals surface area (Å²) >= 11 is 0. The molecule has 1 saturated carbocycles. The fraction of sp³-hybridized carbons (Fsp3) is 0.476. The number of hydrogen-bond acceptors (Lipinski definition) is 3. The van der Waals surface area contributed by atoms with Crippen LogP contribution in [0.4, 0.5) is 4.39 Å². The molecule has 3 aromatic heterocycles. The van der Waals surface area contributed by atoms with Gasteiger partial charge in [-0.05, 0) is 57.3 Å². The zero-order chi connectivity index (χ0) is 20.5. The molecule has 2 unspecified atom stereocenters. The molecule has 0 saturated heterocycles. The van der Waals surface area contributed by atoms with E-state index in [0.717, 1.165) is 37.0 Å². The Hall–Kier alpha value is -2.27. The van der Waals surface area contributed by atoms with Crippen molar-refractivity contribution < 1.29 is 9.18 Å². The van der Waals surface area contributed by atoms with E-state index in [4.69, 9.17) is 0 Å². The van der Waals surface area contributed by atoms with E-state index >= 15 is 0 Å². The molecule has 0 radical (unpaired) electrons. The van der Waals surface area contributed by atoms with E-state index < -0.39 is 6.17 Å². The number of imidazole rings is 1. The van der Waals surface area contributed by atoms with Crippen LogP contribution in [-0.2, 0) is 7.05 Å². The van der Waals surface area contributed by atoms with Gasteiger partial charge in [-0.25, -0.2) is 9.37 Å². The average Bonchev–Trinajstić information content (AvgIpc) is 3.27. The lowest BCUT2D eigenvalue weighted by Gasteiger charge is -2.29. The van der Waals surface area contributed by atoms with E-state index in [-0.39, 0.29) is 11.9 Å². The molecule has 1 N–H and O–H groups in total. The van der Waals surface area contributed by atoms with Crippen LogP contribution in [0.5, 0.6) is 0 Å². The molecule has 6 nitrogen and oxygen atoms in total. The number of aromatic nitrogens is 4. The summed E-state index contributed by atoms with van der Waals surface area (Å²) in [5.41, 5.74) is 4.49. The number of nitrogens with one attached hydrogen (secondary N) is 1. The summed E-state index contributed by atoms with van der Waals surface area (Å²) in [4.78, 5) is 16.9. The first kappa shape index (κ1) is 20.0. The minimum Gasteiger partial charge on any atom is -0.349 e. The molecule has 8 heteroatoms. The van der Waals surface area contributed by atoms with Crippen molar-refractivity contribution in [2.45, 2.75) is 57.4 Å². The third-order valence-electron chi connectivity index (χ3n) is 5.59. The third-order valence-corrected chi connectivity index (χ3v) is 7.28. The molecule has 0 aromatic carbocycles. The number of carbonyl (C=O) groups is 1. The Kier molecular flexibility index (Phi) is 5.68. The van der Waals surface area contributed by atoms with Gasteiger partial charge in [-0.15, -0.1) is 0 Å². The smallest absolute Gasteiger partial charge is 0.254 e. The molecule has 4 rings (SSSR count). The minimum absolute atomic E-state index is 0.0300. The molecule has 0 bridgehead atoms. The second-order valence-corrected chi connectivity index (χ2v) is 9.51. The van der Waals surface area contributed by atoms with Gasteiger partial charge in [0.2, 0.25) is 0 Å². The molecule has 1 aliphatic carbocycles. The second-order valence-electron chi connectivity index (χ2n) is 7.89. The predicted molar refractivity (Wildman–Crippen MR) is 114 cm³/mol. The highest BCUT2D eigenvalue weighted by Crippen LogP contribution is 2.33. The zero-order valence-electron chi connectivity index (χ0n) is 17.0. The van der Waals surface area contributed by atoms with Crippen molar-refractivity contribution in [3.05, 3.63) is 47.5 Å². The third kappa shape index (κ3) is 4.35. The van der Waals surface area contributed by atoms with Gasteiger partial charge in [0.15, 0.2) is 0 Å². The molecule has 3 heterocycles. The molecular formula is C21H27FN5OP. The zero-order valence-corrected chi connectivity index (χ0v) is 18.0. The quantitative estimate of drug-likeness (QED) is 0.650. The Morgan fingerprint density at radius 2 is 2.03 bits per heavy atom. The minimum atomic E-state index is -1.06. The van der Waals surface area contributed by atoms with Crippen molar-refractivity contribution in [3.63, 3.8) is 0 Å². The average molecular weight is 415 g/mol. The molecular weight excluding hydrogens is 388 g/mol. The van der Waals surface area contributed by atoms with Gasteiger partial charge in [0, 0.05) is 30.9 Å². The van der Waals surface area contributed by atoms with Crippen molar-refractivity contribution in [1.29, 1.82) is 0 Å². The molecule has 1 fully saturated rings. The van der Waals surface area contributed by atoms with E-state index in [1.165, 1.54) is 12.4 Å². The van der Waals surface area contributed by atoms with Crippen molar-refractivity contribution in [2.75, 3.05) is 0 Å². The number of nitrogens with zero attached hydrogens (tertiary/aromatic N) is 4. The normalized spacial score (nSPS) is 21.1. The van der Waals surface area contributed by atoms with Gasteiger partial charge in [0.05, 0.1) is 17.0 Å². The van der Waals surface area contributed by atoms with Crippen molar-refractivity contribution in [3.8, 4) is 0 Å². The Morgan fingerprint density at radius 1 is 1.28 bits per heavy atom. The maximum atomic E-state index is 13.6. The van der Waals surface area contributed by atoms with Crippen LogP contribution >= 0.6 is 8.58 Å². The first-order valence-corrected chi connectivity index (χ1v) is 11.2. The van der Waals surface area contributed by atoms with Crippen LogP contribution < -0.4 is 10.8 Å². The van der Waals surface area contributed by atoms with Crippen LogP contribution in [0.3, 0.4) is 0 Å². The summed E-state index contributed by atoms with van der Waals surface area (Å²) in [6, 6.07) is 6.25. The molecule has 3 aromatic rings. The first-order valence-electron chi connectivity index (χ1n) is 10.1. The van der Waals surface area contributed by atoms with E-state index in [2.05, 4.69) is 21.5 Å². The molecule has 0 aliphatic heterocycles. The van der Waals surface area contributed by atoms with E-state index in [0.29, 0.717) is 25.5 Å². The lowest BCUT2D eigenvalue weighted by molar-refractivity contribution is 0.0927. The van der Waals surface area contributed by atoms with Gasteiger partial charge >= 0.3 is 0 Å². The largest absolute Gasteiger partial charge is 0.349 e. The monoisotopic (exact) mass is 415 g/mol. The summed E-state index contributed by atoms with van der Waals surface area (Å²) in [5, 5.41) is 7.42. The van der Waals surface area contributed by atoms with Gasteiger partial charge in [-0.3, -0.25) is 13.9 Å². The summed E-state index contributed by atoms with van der Waals surface area (Å²) in [7, 11) is 2.48. The van der Waals surface area contributed by atoms with Gasteiger partial charge in [0.1, 0.15) is 11.8 Å². The van der Waals surface area contributed by atoms with Crippen LogP contribution in [0.15, 0.2) is 30.6 Å². The maximum Gasteiger partial charge on any atom is 0.254 e. The standard InChI is InChI=1S/C21H27FN5OP/c1-13(22)18-12-27-19(24-18)5-4-6-20(27)29-16-9-7-15(8-10-16)23-21(28)17-11-26(3)25-14(17)2/h4-6,11-13,15-16,29H,7-10H2,1-3H3,(H,23,28). The Morgan fingerprint density at radius 3 is 2.69 bits per heavy atom. The number of pyridine rings is 1. The van der Waals surface area contributed by atoms with Crippen molar-refractivity contribution >= 4 is 25.6 Å². The maximum absolute atomic E-state index is 13.6. The number of alkyl halides is 1. The molecule has 29 heavy (non-hydrogen) atoms. The number of carbonyl (C=O) groups excluding carboxylic acids is 1. The number of aryl methyl sites for hydroxylation is 2. The highest BCUT2D eigenvalue weighted by molar-refractivity contribution is 7.47. The SMILES string of the molecule is Cc1nn(C)cc1C(=O)NC1CCC(Pc2cccc3nc(C(C)F)cn23)CC1. The molecule has 1 aliphatic rings. The van der Waals surface area contributed by atoms with E-state index in [1.54, 1.807) is 10.9 Å². The van der Waals surface area contributed by atoms with Crippen LogP contribution in [0.1, 0.15) is 60.5 Å². The highest BCUT2D eigenvalue weighted by Gasteiger charge is 2.25. The summed E-state index contributed by atoms with van der Waals surface area (Å²) in [6.45, 7) is 3.38. The summed E-state index contributed by atoms with van der Waals surface area (Å²) < 4.78 is 17.4. The number of hydrogen-bond donors (Lipinski definition) is 1. The van der Waals surface area contributed by atoms with Gasteiger partial charge in [-0.2, -0.15) is 5.10 Å². The van der Waals surface area contributed by atoms with Crippen molar-refractivity contribution in [1.82, 2.24) is 24.5 Å². The van der Waals surface area contributed by atoms with Gasteiger partial charge < -0.3 is 5.32 Å². The fourth-order valence-electron chi connectivity index (χ4n) is 4.02. The highest BCUT2D eigenvalue weighted by atomic mass is 31.1. The number of amides is 1. The van der Waals surface area contributed by atoms with Crippen LogP contribution in [0.25, 0.3) is 5.65 Å². The molecule has 154 valence electrons. The van der Waals surface area contributed by atoms with Gasteiger partial charge in [-0.1, -0.05) is 14.6 Å². The fourth-order valence-corrected chi connectivity index (χ4v) is 5.57. The molecule has 2 atom stereocenters. The molecule has 0 spiro atoms. The molecule has 1 amide bonds. The van der Waals surface area contributed by atoms with Crippen LogP contribution in [0.2, 0.25) is 0 Å². The van der Waals surface area contributed by atoms with Crippen LogP contribution in [0, 0.1) is 6.92 Å². The topological polar surface area (TPSA) is 64.2 Å². The lowest BCUT2D eigenvalue weighted by Crippen LogP contribution is -2.38. The number of fused-ring (bicyclic) bond motifs is 1. The summed E-state index contributed by atoms with van der Waals surface area (Å²) in [5.74, 6) is -0.0300. The Bertz CT molecular complexity index is 1020. The van der Waals surface area contributed by atoms with Crippen molar-refractivity contribution in [2.24, 2.45) is 7.05 Å². The van der Waals surface area contributed by atoms with Crippen LogP contribution in [-0.4, -0.2) is 36.8 Å².